The SMILES string of the molecule is CC(C)(C)OC=O.Cc1c(OS(C)(=O)=O)cccc1C1CNCCN1. The van der Waals surface area contributed by atoms with Crippen molar-refractivity contribution in [2.45, 2.75) is 39.3 Å². The summed E-state index contributed by atoms with van der Waals surface area (Å²) in [6.07, 6.45) is 1.06. The second kappa shape index (κ2) is 9.17. The van der Waals surface area contributed by atoms with Crippen LogP contribution in [0.3, 0.4) is 0 Å². The lowest BCUT2D eigenvalue weighted by Gasteiger charge is -2.26. The molecule has 1 aromatic carbocycles. The van der Waals surface area contributed by atoms with E-state index in [2.05, 4.69) is 15.4 Å². The predicted molar refractivity (Wildman–Crippen MR) is 97.2 cm³/mol. The Morgan fingerprint density at radius 3 is 2.36 bits per heavy atom. The van der Waals surface area contributed by atoms with Gasteiger partial charge < -0.3 is 19.6 Å². The van der Waals surface area contributed by atoms with Crippen LogP contribution in [-0.2, 0) is 19.6 Å². The fraction of sp³-hybridized carbons (Fsp3) is 0.588. The molecule has 1 unspecified atom stereocenters. The van der Waals surface area contributed by atoms with Crippen LogP contribution in [0.5, 0.6) is 5.75 Å². The molecular weight excluding hydrogens is 344 g/mol. The molecule has 0 saturated carbocycles. The van der Waals surface area contributed by atoms with Gasteiger partial charge in [-0.15, -0.1) is 0 Å². The summed E-state index contributed by atoms with van der Waals surface area (Å²) >= 11 is 0. The van der Waals surface area contributed by atoms with Crippen LogP contribution < -0.4 is 14.8 Å². The summed E-state index contributed by atoms with van der Waals surface area (Å²) in [5, 5.41) is 6.71. The Balaban J connectivity index is 0.000000381. The van der Waals surface area contributed by atoms with Crippen LogP contribution in [0.15, 0.2) is 18.2 Å². The van der Waals surface area contributed by atoms with Crippen molar-refractivity contribution in [2.75, 3.05) is 25.9 Å². The number of carbonyl (C=O) groups is 1. The van der Waals surface area contributed by atoms with E-state index in [4.69, 9.17) is 4.18 Å². The van der Waals surface area contributed by atoms with Crippen molar-refractivity contribution in [2.24, 2.45) is 0 Å². The average molecular weight is 372 g/mol. The van der Waals surface area contributed by atoms with E-state index in [1.807, 2.05) is 39.8 Å². The zero-order valence-electron chi connectivity index (χ0n) is 15.5. The van der Waals surface area contributed by atoms with Gasteiger partial charge in [-0.25, -0.2) is 0 Å². The second-order valence-electron chi connectivity index (χ2n) is 6.80. The number of hydrogen-bond acceptors (Lipinski definition) is 7. The minimum atomic E-state index is -3.48. The molecule has 1 atom stereocenters. The lowest BCUT2D eigenvalue weighted by Crippen LogP contribution is -2.42. The quantitative estimate of drug-likeness (QED) is 0.611. The van der Waals surface area contributed by atoms with E-state index in [1.165, 1.54) is 0 Å². The molecule has 1 aromatic rings. The van der Waals surface area contributed by atoms with Gasteiger partial charge in [0.05, 0.1) is 6.26 Å². The van der Waals surface area contributed by atoms with Crippen LogP contribution in [0.2, 0.25) is 0 Å². The number of piperazine rings is 1. The Kier molecular flexibility index (Phi) is 7.85. The van der Waals surface area contributed by atoms with E-state index < -0.39 is 10.1 Å². The lowest BCUT2D eigenvalue weighted by molar-refractivity contribution is -0.138. The van der Waals surface area contributed by atoms with E-state index >= 15 is 0 Å². The van der Waals surface area contributed by atoms with E-state index in [1.54, 1.807) is 6.07 Å². The highest BCUT2D eigenvalue weighted by atomic mass is 32.2. The molecule has 0 amide bonds. The summed E-state index contributed by atoms with van der Waals surface area (Å²) in [5.41, 5.74) is 1.62. The van der Waals surface area contributed by atoms with E-state index in [-0.39, 0.29) is 11.6 Å². The molecule has 0 aliphatic carbocycles. The van der Waals surface area contributed by atoms with Gasteiger partial charge in [-0.1, -0.05) is 12.1 Å². The molecule has 0 aromatic heterocycles. The van der Waals surface area contributed by atoms with Gasteiger partial charge in [-0.2, -0.15) is 8.42 Å². The molecule has 1 fully saturated rings. The van der Waals surface area contributed by atoms with Crippen molar-refractivity contribution >= 4 is 16.6 Å². The van der Waals surface area contributed by atoms with E-state index in [0.29, 0.717) is 12.2 Å². The van der Waals surface area contributed by atoms with Gasteiger partial charge in [0.1, 0.15) is 11.4 Å². The van der Waals surface area contributed by atoms with Crippen molar-refractivity contribution in [1.29, 1.82) is 0 Å². The summed E-state index contributed by atoms with van der Waals surface area (Å²) in [7, 11) is -3.48. The van der Waals surface area contributed by atoms with Gasteiger partial charge in [0.2, 0.25) is 0 Å². The maximum absolute atomic E-state index is 11.2. The van der Waals surface area contributed by atoms with Crippen LogP contribution in [0.1, 0.15) is 37.9 Å². The fourth-order valence-electron chi connectivity index (χ4n) is 2.28. The molecule has 0 spiro atoms. The monoisotopic (exact) mass is 372 g/mol. The third-order valence-electron chi connectivity index (χ3n) is 3.39. The highest BCUT2D eigenvalue weighted by Gasteiger charge is 2.19. The number of rotatable bonds is 4. The molecule has 7 nitrogen and oxygen atoms in total. The van der Waals surface area contributed by atoms with Gasteiger partial charge >= 0.3 is 10.1 Å². The second-order valence-corrected chi connectivity index (χ2v) is 8.37. The van der Waals surface area contributed by atoms with Crippen molar-refractivity contribution in [3.63, 3.8) is 0 Å². The van der Waals surface area contributed by atoms with Crippen LogP contribution in [0.4, 0.5) is 0 Å². The molecular formula is C17H28N2O5S. The summed E-state index contributed by atoms with van der Waals surface area (Å²) in [6, 6.07) is 5.69. The van der Waals surface area contributed by atoms with Crippen LogP contribution in [0, 0.1) is 6.92 Å². The third-order valence-corrected chi connectivity index (χ3v) is 3.87. The topological polar surface area (TPSA) is 93.7 Å². The van der Waals surface area contributed by atoms with Crippen LogP contribution in [-0.4, -0.2) is 46.4 Å². The normalized spacial score (nSPS) is 17.9. The standard InChI is InChI=1S/C12H18N2O3S.C5H10O2/c1-9-10(11-8-13-6-7-14-11)4-3-5-12(9)17-18(2,15)16;1-5(2,3)7-4-6/h3-5,11,13-14H,6-8H2,1-2H3;4H,1-3H3. The first-order chi connectivity index (χ1) is 11.5. The first-order valence-corrected chi connectivity index (χ1v) is 9.89. The van der Waals surface area contributed by atoms with Gasteiger partial charge in [0.15, 0.2) is 0 Å². The predicted octanol–water partition coefficient (Wildman–Crippen LogP) is 1.53. The van der Waals surface area contributed by atoms with Crippen molar-refractivity contribution in [3.05, 3.63) is 29.3 Å². The fourth-order valence-corrected chi connectivity index (χ4v) is 2.79. The minimum Gasteiger partial charge on any atom is -0.462 e. The third kappa shape index (κ3) is 8.33. The zero-order chi connectivity index (χ0) is 19.1. The van der Waals surface area contributed by atoms with Crippen LogP contribution >= 0.6 is 0 Å². The highest BCUT2D eigenvalue weighted by Crippen LogP contribution is 2.27. The number of benzene rings is 1. The molecule has 0 bridgehead atoms. The minimum absolute atomic E-state index is 0.196. The lowest BCUT2D eigenvalue weighted by atomic mass is 9.99. The van der Waals surface area contributed by atoms with Gasteiger partial charge in [-0.3, -0.25) is 4.79 Å². The van der Waals surface area contributed by atoms with Crippen molar-refractivity contribution < 1.29 is 22.1 Å². The van der Waals surface area contributed by atoms with Gasteiger partial charge in [-0.05, 0) is 44.9 Å². The molecule has 2 rings (SSSR count). The first-order valence-electron chi connectivity index (χ1n) is 8.08. The van der Waals surface area contributed by atoms with Gasteiger partial charge in [0.25, 0.3) is 6.47 Å². The number of carbonyl (C=O) groups excluding carboxylic acids is 1. The van der Waals surface area contributed by atoms with Crippen LogP contribution in [0.25, 0.3) is 0 Å². The number of nitrogens with one attached hydrogen (secondary N) is 2. The Hall–Kier alpha value is -1.64. The molecule has 1 saturated heterocycles. The Labute approximate surface area is 150 Å². The highest BCUT2D eigenvalue weighted by molar-refractivity contribution is 7.86. The largest absolute Gasteiger partial charge is 0.462 e. The smallest absolute Gasteiger partial charge is 0.306 e. The summed E-state index contributed by atoms with van der Waals surface area (Å²) < 4.78 is 31.9. The molecule has 1 aliphatic rings. The van der Waals surface area contributed by atoms with Crippen molar-refractivity contribution in [3.8, 4) is 5.75 Å². The average Bonchev–Trinajstić information content (AvgIpc) is 2.48. The van der Waals surface area contributed by atoms with Gasteiger partial charge in [0, 0.05) is 25.7 Å². The molecule has 8 heteroatoms. The summed E-state index contributed by atoms with van der Waals surface area (Å²) in [4.78, 5) is 9.60. The molecule has 1 aliphatic heterocycles. The molecule has 2 N–H and O–H groups in total. The molecule has 142 valence electrons. The van der Waals surface area contributed by atoms with E-state index in [9.17, 15) is 13.2 Å². The number of hydrogen-bond donors (Lipinski definition) is 2. The summed E-state index contributed by atoms with van der Waals surface area (Å²) in [5.74, 6) is 0.405. The summed E-state index contributed by atoms with van der Waals surface area (Å²) in [6.45, 7) is 10.5. The molecule has 1 heterocycles. The zero-order valence-corrected chi connectivity index (χ0v) is 16.3. The molecule has 25 heavy (non-hydrogen) atoms. The Bertz CT molecular complexity index is 662. The first kappa shape index (κ1) is 21.4. The maximum Gasteiger partial charge on any atom is 0.306 e. The Morgan fingerprint density at radius 2 is 1.92 bits per heavy atom. The maximum atomic E-state index is 11.2. The molecule has 0 radical (unpaired) electrons. The number of ether oxygens (including phenoxy) is 1. The Morgan fingerprint density at radius 1 is 1.24 bits per heavy atom. The van der Waals surface area contributed by atoms with E-state index in [0.717, 1.165) is 37.0 Å². The van der Waals surface area contributed by atoms with Crippen molar-refractivity contribution in [1.82, 2.24) is 10.6 Å².